The first kappa shape index (κ1) is 16.1. The van der Waals surface area contributed by atoms with Gasteiger partial charge in [-0.3, -0.25) is 14.4 Å². The monoisotopic (exact) mass is 344 g/mol. The zero-order valence-corrected chi connectivity index (χ0v) is 14.1. The highest BCUT2D eigenvalue weighted by atomic mass is 16.6. The third kappa shape index (κ3) is 2.42. The third-order valence-electron chi connectivity index (χ3n) is 6.11. The molecule has 1 heterocycles. The van der Waals surface area contributed by atoms with Gasteiger partial charge in [0.05, 0.1) is 24.9 Å². The van der Waals surface area contributed by atoms with Crippen molar-refractivity contribution in [3.05, 3.63) is 29.8 Å². The number of benzene rings is 1. The fraction of sp³-hybridized carbons (Fsp3) is 0.526. The molecule has 1 aromatic rings. The maximum atomic E-state index is 12.6. The summed E-state index contributed by atoms with van der Waals surface area (Å²) in [6, 6.07) is 7.32. The number of rotatable bonds is 4. The zero-order valence-electron chi connectivity index (χ0n) is 14.1. The number of cyclic esters (lactones) is 2. The van der Waals surface area contributed by atoms with Crippen LogP contribution >= 0.6 is 0 Å². The van der Waals surface area contributed by atoms with E-state index in [0.29, 0.717) is 0 Å². The van der Waals surface area contributed by atoms with E-state index < -0.39 is 17.9 Å². The van der Waals surface area contributed by atoms with Crippen LogP contribution < -0.4 is 4.74 Å². The minimum atomic E-state index is -0.470. The molecule has 6 heteroatoms. The van der Waals surface area contributed by atoms with E-state index in [1.165, 1.54) is 0 Å². The minimum absolute atomic E-state index is 0.0214. The lowest BCUT2D eigenvalue weighted by Gasteiger charge is -2.31. The lowest BCUT2D eigenvalue weighted by Crippen LogP contribution is -2.39. The van der Waals surface area contributed by atoms with E-state index in [9.17, 15) is 14.4 Å². The van der Waals surface area contributed by atoms with Gasteiger partial charge in [-0.05, 0) is 41.9 Å². The first-order valence-corrected chi connectivity index (χ1v) is 8.56. The number of hydrogen-bond donors (Lipinski definition) is 0. The molecule has 2 unspecified atom stereocenters. The molecule has 1 aromatic carbocycles. The molecule has 4 rings (SSSR count). The molecule has 132 valence electrons. The van der Waals surface area contributed by atoms with Gasteiger partial charge < -0.3 is 14.2 Å². The largest absolute Gasteiger partial charge is 0.497 e. The summed E-state index contributed by atoms with van der Waals surface area (Å²) in [5.41, 5.74) is 0.873. The number of fused-ring (bicyclic) bond motifs is 5. The highest BCUT2D eigenvalue weighted by Gasteiger charge is 2.67. The zero-order chi connectivity index (χ0) is 17.7. The summed E-state index contributed by atoms with van der Waals surface area (Å²) >= 11 is 0. The molecule has 3 fully saturated rings. The molecule has 6 atom stereocenters. The van der Waals surface area contributed by atoms with E-state index in [2.05, 4.69) is 0 Å². The molecule has 2 aliphatic carbocycles. The van der Waals surface area contributed by atoms with Crippen molar-refractivity contribution in [2.45, 2.75) is 20.0 Å². The summed E-state index contributed by atoms with van der Waals surface area (Å²) in [5, 5.41) is 0. The molecule has 1 aliphatic heterocycles. The van der Waals surface area contributed by atoms with Crippen molar-refractivity contribution in [1.29, 1.82) is 0 Å². The lowest BCUT2D eigenvalue weighted by atomic mass is 9.70. The fourth-order valence-corrected chi connectivity index (χ4v) is 4.95. The quantitative estimate of drug-likeness (QED) is 0.614. The Kier molecular flexibility index (Phi) is 3.78. The molecule has 2 saturated carbocycles. The molecule has 0 aromatic heterocycles. The van der Waals surface area contributed by atoms with Crippen molar-refractivity contribution in [3.63, 3.8) is 0 Å². The van der Waals surface area contributed by atoms with Crippen LogP contribution in [0, 0.1) is 35.5 Å². The minimum Gasteiger partial charge on any atom is -0.497 e. The summed E-state index contributed by atoms with van der Waals surface area (Å²) in [5.74, 6) is -1.70. The molecule has 0 amide bonds. The van der Waals surface area contributed by atoms with Crippen LogP contribution in [0.5, 0.6) is 5.75 Å². The van der Waals surface area contributed by atoms with Crippen molar-refractivity contribution in [3.8, 4) is 5.75 Å². The highest BCUT2D eigenvalue weighted by molar-refractivity contribution is 5.98. The third-order valence-corrected chi connectivity index (χ3v) is 6.11. The van der Waals surface area contributed by atoms with Gasteiger partial charge in [-0.1, -0.05) is 19.1 Å². The summed E-state index contributed by atoms with van der Waals surface area (Å²) in [4.78, 5) is 36.5. The molecule has 25 heavy (non-hydrogen) atoms. The Labute approximate surface area is 145 Å². The molecule has 3 aliphatic rings. The standard InChI is InChI=1S/C19H20O6/c1-9-12-7-13(16-15(12)18(21)25-19(16)22)14(9)17(20)24-8-10-3-5-11(23-2)6-4-10/h3-6,9,12-16H,7-8H2,1-2H3/t9-,12?,13?,14+,15+,16-/m0/s1. The maximum Gasteiger partial charge on any atom is 0.317 e. The van der Waals surface area contributed by atoms with Gasteiger partial charge in [0.15, 0.2) is 0 Å². The second-order valence-electron chi connectivity index (χ2n) is 7.20. The van der Waals surface area contributed by atoms with Crippen LogP contribution in [-0.4, -0.2) is 25.0 Å². The summed E-state index contributed by atoms with van der Waals surface area (Å²) < 4.78 is 15.4. The van der Waals surface area contributed by atoms with E-state index in [0.717, 1.165) is 17.7 Å². The molecule has 1 saturated heterocycles. The Morgan fingerprint density at radius 1 is 1.12 bits per heavy atom. The van der Waals surface area contributed by atoms with Crippen LogP contribution in [0.15, 0.2) is 24.3 Å². The van der Waals surface area contributed by atoms with Gasteiger partial charge in [0.1, 0.15) is 12.4 Å². The van der Waals surface area contributed by atoms with Gasteiger partial charge in [0, 0.05) is 0 Å². The Morgan fingerprint density at radius 2 is 1.76 bits per heavy atom. The first-order valence-electron chi connectivity index (χ1n) is 8.56. The number of hydrogen-bond acceptors (Lipinski definition) is 6. The summed E-state index contributed by atoms with van der Waals surface area (Å²) in [7, 11) is 1.59. The van der Waals surface area contributed by atoms with E-state index >= 15 is 0 Å². The first-order chi connectivity index (χ1) is 12.0. The molecule has 0 radical (unpaired) electrons. The van der Waals surface area contributed by atoms with E-state index in [-0.39, 0.29) is 42.2 Å². The topological polar surface area (TPSA) is 78.9 Å². The Bertz CT molecular complexity index is 724. The van der Waals surface area contributed by atoms with Gasteiger partial charge in [-0.15, -0.1) is 0 Å². The number of methoxy groups -OCH3 is 1. The van der Waals surface area contributed by atoms with Gasteiger partial charge in [-0.25, -0.2) is 0 Å². The fourth-order valence-electron chi connectivity index (χ4n) is 4.95. The Morgan fingerprint density at radius 3 is 2.40 bits per heavy atom. The molecule has 6 nitrogen and oxygen atoms in total. The SMILES string of the molecule is COc1ccc(COC(=O)[C@H]2C3CC([C@H]4C(=O)OC(=O)[C@@H]34)[C@@H]2C)cc1. The lowest BCUT2D eigenvalue weighted by molar-refractivity contribution is -0.156. The summed E-state index contributed by atoms with van der Waals surface area (Å²) in [6.45, 7) is 2.15. The number of carbonyl (C=O) groups is 3. The predicted molar refractivity (Wildman–Crippen MR) is 85.1 cm³/mol. The molecular formula is C19H20O6. The van der Waals surface area contributed by atoms with Gasteiger partial charge in [0.2, 0.25) is 0 Å². The van der Waals surface area contributed by atoms with Crippen molar-refractivity contribution in [2.75, 3.05) is 7.11 Å². The molecule has 0 N–H and O–H groups in total. The average molecular weight is 344 g/mol. The van der Waals surface area contributed by atoms with Gasteiger partial charge >= 0.3 is 17.9 Å². The number of esters is 3. The van der Waals surface area contributed by atoms with Crippen molar-refractivity contribution in [2.24, 2.45) is 35.5 Å². The Balaban J connectivity index is 1.44. The normalized spacial score (nSPS) is 35.4. The maximum absolute atomic E-state index is 12.6. The van der Waals surface area contributed by atoms with Gasteiger partial charge in [0.25, 0.3) is 0 Å². The number of carbonyl (C=O) groups excluding carboxylic acids is 3. The van der Waals surface area contributed by atoms with Crippen LogP contribution in [-0.2, 0) is 30.5 Å². The number of ether oxygens (including phenoxy) is 3. The van der Waals surface area contributed by atoms with E-state index in [1.807, 2.05) is 31.2 Å². The van der Waals surface area contributed by atoms with Crippen LogP contribution in [0.1, 0.15) is 18.9 Å². The second kappa shape index (κ2) is 5.86. The summed E-state index contributed by atoms with van der Waals surface area (Å²) in [6.07, 6.45) is 0.722. The van der Waals surface area contributed by atoms with Crippen LogP contribution in [0.3, 0.4) is 0 Å². The molecule has 0 spiro atoms. The second-order valence-corrected chi connectivity index (χ2v) is 7.20. The highest BCUT2D eigenvalue weighted by Crippen LogP contribution is 2.61. The Hall–Kier alpha value is -2.37. The molecule has 2 bridgehead atoms. The van der Waals surface area contributed by atoms with Crippen LogP contribution in [0.2, 0.25) is 0 Å². The van der Waals surface area contributed by atoms with Gasteiger partial charge in [-0.2, -0.15) is 0 Å². The van der Waals surface area contributed by atoms with Crippen molar-refractivity contribution in [1.82, 2.24) is 0 Å². The average Bonchev–Trinajstić information content (AvgIpc) is 3.24. The van der Waals surface area contributed by atoms with Crippen molar-refractivity contribution < 1.29 is 28.6 Å². The van der Waals surface area contributed by atoms with E-state index in [4.69, 9.17) is 14.2 Å². The van der Waals surface area contributed by atoms with Crippen molar-refractivity contribution >= 4 is 17.9 Å². The molecular weight excluding hydrogens is 324 g/mol. The predicted octanol–water partition coefficient (Wildman–Crippen LogP) is 1.96. The smallest absolute Gasteiger partial charge is 0.317 e. The van der Waals surface area contributed by atoms with Crippen LogP contribution in [0.4, 0.5) is 0 Å². The van der Waals surface area contributed by atoms with E-state index in [1.54, 1.807) is 7.11 Å². The van der Waals surface area contributed by atoms with Crippen LogP contribution in [0.25, 0.3) is 0 Å².